The van der Waals surface area contributed by atoms with Crippen LogP contribution in [0.15, 0.2) is 23.0 Å². The minimum Gasteiger partial charge on any atom is -0.494 e. The van der Waals surface area contributed by atoms with Crippen molar-refractivity contribution in [2.24, 2.45) is 7.05 Å². The number of unbranched alkanes of at least 4 members (excludes halogenated alkanes) is 6. The highest BCUT2D eigenvalue weighted by Gasteiger charge is 2.18. The van der Waals surface area contributed by atoms with Crippen LogP contribution in [0.3, 0.4) is 0 Å². The number of ether oxygens (including phenoxy) is 3. The SMILES string of the molecule is CCCCCCOc1ccc2c(OC)c(OCCCCCC)c(=O)n(C)c2c1. The maximum absolute atomic E-state index is 12.8. The highest BCUT2D eigenvalue weighted by Crippen LogP contribution is 2.34. The van der Waals surface area contributed by atoms with E-state index in [9.17, 15) is 4.79 Å². The van der Waals surface area contributed by atoms with Crippen molar-refractivity contribution in [2.75, 3.05) is 20.3 Å². The van der Waals surface area contributed by atoms with Crippen molar-refractivity contribution >= 4 is 10.9 Å². The summed E-state index contributed by atoms with van der Waals surface area (Å²) in [6.45, 7) is 5.58. The molecule has 0 bridgehead atoms. The van der Waals surface area contributed by atoms with Gasteiger partial charge in [0.05, 0.1) is 25.8 Å². The van der Waals surface area contributed by atoms with Crippen LogP contribution in [0.1, 0.15) is 65.2 Å². The second-order valence-corrected chi connectivity index (χ2v) is 7.22. The molecule has 0 unspecified atom stereocenters. The van der Waals surface area contributed by atoms with Gasteiger partial charge in [-0.15, -0.1) is 0 Å². The van der Waals surface area contributed by atoms with Crippen LogP contribution in [0.4, 0.5) is 0 Å². The number of fused-ring (bicyclic) bond motifs is 1. The number of aryl methyl sites for hydroxylation is 1. The van der Waals surface area contributed by atoms with Crippen molar-refractivity contribution < 1.29 is 14.2 Å². The molecule has 1 heterocycles. The molecule has 156 valence electrons. The van der Waals surface area contributed by atoms with Crippen LogP contribution in [-0.2, 0) is 7.05 Å². The van der Waals surface area contributed by atoms with Gasteiger partial charge in [0.25, 0.3) is 5.56 Å². The monoisotopic (exact) mass is 389 g/mol. The molecule has 0 aliphatic carbocycles. The van der Waals surface area contributed by atoms with E-state index in [1.165, 1.54) is 32.1 Å². The molecule has 0 N–H and O–H groups in total. The van der Waals surface area contributed by atoms with E-state index >= 15 is 0 Å². The Morgan fingerprint density at radius 2 is 1.50 bits per heavy atom. The molecule has 2 rings (SSSR count). The van der Waals surface area contributed by atoms with Crippen molar-refractivity contribution in [3.05, 3.63) is 28.6 Å². The molecule has 0 saturated heterocycles. The van der Waals surface area contributed by atoms with Crippen LogP contribution in [0.5, 0.6) is 17.2 Å². The smallest absolute Gasteiger partial charge is 0.297 e. The quantitative estimate of drug-likeness (QED) is 0.427. The molecule has 5 heteroatoms. The van der Waals surface area contributed by atoms with E-state index in [2.05, 4.69) is 13.8 Å². The lowest BCUT2D eigenvalue weighted by atomic mass is 10.1. The molecule has 5 nitrogen and oxygen atoms in total. The second-order valence-electron chi connectivity index (χ2n) is 7.22. The van der Waals surface area contributed by atoms with Gasteiger partial charge in [-0.2, -0.15) is 0 Å². The Labute approximate surface area is 168 Å². The first-order valence-corrected chi connectivity index (χ1v) is 10.6. The first kappa shape index (κ1) is 22.1. The lowest BCUT2D eigenvalue weighted by molar-refractivity contribution is 0.281. The topological polar surface area (TPSA) is 49.7 Å². The first-order chi connectivity index (χ1) is 13.6. The third-order valence-corrected chi connectivity index (χ3v) is 5.00. The minimum absolute atomic E-state index is 0.181. The van der Waals surface area contributed by atoms with Gasteiger partial charge in [0.1, 0.15) is 5.75 Å². The predicted molar refractivity (Wildman–Crippen MR) is 115 cm³/mol. The maximum atomic E-state index is 12.8. The molecule has 0 fully saturated rings. The molecule has 0 saturated carbocycles. The predicted octanol–water partition coefficient (Wildman–Crippen LogP) is 5.47. The van der Waals surface area contributed by atoms with Gasteiger partial charge in [-0.1, -0.05) is 52.4 Å². The van der Waals surface area contributed by atoms with Crippen molar-refractivity contribution in [1.82, 2.24) is 4.57 Å². The number of benzene rings is 1. The molecule has 0 amide bonds. The molecule has 0 aliphatic heterocycles. The summed E-state index contributed by atoms with van der Waals surface area (Å²) in [5.41, 5.74) is 0.603. The average molecular weight is 390 g/mol. The molecule has 1 aromatic carbocycles. The molecule has 0 spiro atoms. The maximum Gasteiger partial charge on any atom is 0.297 e. The number of rotatable bonds is 13. The molecule has 0 aliphatic rings. The Morgan fingerprint density at radius 3 is 2.11 bits per heavy atom. The van der Waals surface area contributed by atoms with E-state index in [4.69, 9.17) is 14.2 Å². The van der Waals surface area contributed by atoms with Crippen LogP contribution in [0, 0.1) is 0 Å². The summed E-state index contributed by atoms with van der Waals surface area (Å²) in [7, 11) is 3.34. The van der Waals surface area contributed by atoms with E-state index in [1.54, 1.807) is 18.7 Å². The van der Waals surface area contributed by atoms with Crippen LogP contribution in [0.25, 0.3) is 10.9 Å². The van der Waals surface area contributed by atoms with Gasteiger partial charge in [-0.05, 0) is 25.0 Å². The van der Waals surface area contributed by atoms with Crippen molar-refractivity contribution in [3.8, 4) is 17.2 Å². The summed E-state index contributed by atoms with van der Waals surface area (Å²) >= 11 is 0. The number of nitrogens with zero attached hydrogens (tertiary/aromatic N) is 1. The molecular formula is C23H35NO4. The summed E-state index contributed by atoms with van der Waals surface area (Å²) in [6.07, 6.45) is 9.04. The average Bonchev–Trinajstić information content (AvgIpc) is 2.71. The third kappa shape index (κ3) is 5.66. The van der Waals surface area contributed by atoms with Crippen molar-refractivity contribution in [1.29, 1.82) is 0 Å². The van der Waals surface area contributed by atoms with Gasteiger partial charge in [0.15, 0.2) is 5.75 Å². The van der Waals surface area contributed by atoms with Gasteiger partial charge in [-0.25, -0.2) is 0 Å². The molecule has 1 aromatic heterocycles. The van der Waals surface area contributed by atoms with E-state index in [-0.39, 0.29) is 5.56 Å². The molecule has 0 radical (unpaired) electrons. The van der Waals surface area contributed by atoms with Crippen LogP contribution < -0.4 is 19.8 Å². The van der Waals surface area contributed by atoms with Gasteiger partial charge in [-0.3, -0.25) is 4.79 Å². The molecule has 2 aromatic rings. The Bertz CT molecular complexity index is 797. The zero-order valence-electron chi connectivity index (χ0n) is 17.9. The number of aromatic nitrogens is 1. The zero-order chi connectivity index (χ0) is 20.4. The van der Waals surface area contributed by atoms with Crippen molar-refractivity contribution in [2.45, 2.75) is 65.2 Å². The number of methoxy groups -OCH3 is 1. The lowest BCUT2D eigenvalue weighted by Crippen LogP contribution is -2.21. The fourth-order valence-electron chi connectivity index (χ4n) is 3.30. The summed E-state index contributed by atoms with van der Waals surface area (Å²) in [4.78, 5) is 12.8. The molecular weight excluding hydrogens is 354 g/mol. The zero-order valence-corrected chi connectivity index (χ0v) is 17.9. The number of pyridine rings is 1. The van der Waals surface area contributed by atoms with Gasteiger partial charge in [0.2, 0.25) is 5.75 Å². The van der Waals surface area contributed by atoms with E-state index < -0.39 is 0 Å². The van der Waals surface area contributed by atoms with Crippen LogP contribution in [-0.4, -0.2) is 24.9 Å². The molecule has 0 atom stereocenters. The lowest BCUT2D eigenvalue weighted by Gasteiger charge is -2.16. The number of hydrogen-bond acceptors (Lipinski definition) is 4. The largest absolute Gasteiger partial charge is 0.494 e. The fourth-order valence-corrected chi connectivity index (χ4v) is 3.30. The van der Waals surface area contributed by atoms with Gasteiger partial charge in [0, 0.05) is 18.5 Å². The summed E-state index contributed by atoms with van der Waals surface area (Å²) in [6, 6.07) is 5.78. The van der Waals surface area contributed by atoms with Crippen LogP contribution >= 0.6 is 0 Å². The second kappa shape index (κ2) is 11.6. The van der Waals surface area contributed by atoms with Crippen LogP contribution in [0.2, 0.25) is 0 Å². The fraction of sp³-hybridized carbons (Fsp3) is 0.609. The Morgan fingerprint density at radius 1 is 0.857 bits per heavy atom. The Balaban J connectivity index is 2.20. The highest BCUT2D eigenvalue weighted by atomic mass is 16.5. The number of hydrogen-bond donors (Lipinski definition) is 0. The van der Waals surface area contributed by atoms with E-state index in [0.29, 0.717) is 24.7 Å². The molecule has 28 heavy (non-hydrogen) atoms. The highest BCUT2D eigenvalue weighted by molar-refractivity contribution is 5.89. The Kier molecular flexibility index (Phi) is 9.18. The summed E-state index contributed by atoms with van der Waals surface area (Å²) in [5, 5.41) is 0.853. The summed E-state index contributed by atoms with van der Waals surface area (Å²) < 4.78 is 18.9. The van der Waals surface area contributed by atoms with E-state index in [0.717, 1.165) is 35.9 Å². The normalized spacial score (nSPS) is 11.0. The standard InChI is InChI=1S/C23H35NO4/c1-5-7-9-11-15-27-18-13-14-19-20(17-18)24(3)23(25)22(21(19)26-4)28-16-12-10-8-6-2/h13-14,17H,5-12,15-16H2,1-4H3. The van der Waals surface area contributed by atoms with Crippen molar-refractivity contribution in [3.63, 3.8) is 0 Å². The summed E-state index contributed by atoms with van der Waals surface area (Å²) in [5.74, 6) is 1.57. The third-order valence-electron chi connectivity index (χ3n) is 5.00. The van der Waals surface area contributed by atoms with Gasteiger partial charge >= 0.3 is 0 Å². The van der Waals surface area contributed by atoms with Gasteiger partial charge < -0.3 is 18.8 Å². The minimum atomic E-state index is -0.181. The Hall–Kier alpha value is -2.17. The van der Waals surface area contributed by atoms with E-state index in [1.807, 2.05) is 18.2 Å². The first-order valence-electron chi connectivity index (χ1n) is 10.6.